The lowest BCUT2D eigenvalue weighted by molar-refractivity contribution is -0.949. The highest BCUT2D eigenvalue weighted by Crippen LogP contribution is 2.38. The summed E-state index contributed by atoms with van der Waals surface area (Å²) >= 11 is 0. The Kier molecular flexibility index (Phi) is 5.30. The van der Waals surface area contributed by atoms with E-state index in [0.29, 0.717) is 17.1 Å². The first-order valence-corrected chi connectivity index (χ1v) is 10.7. The average Bonchev–Trinajstić information content (AvgIpc) is 3.37. The smallest absolute Gasteiger partial charge is 0.137 e. The maximum Gasteiger partial charge on any atom is 0.137 e. The summed E-state index contributed by atoms with van der Waals surface area (Å²) in [5.74, 6) is 0.656. The molecule has 0 aromatic carbocycles. The molecule has 158 valence electrons. The van der Waals surface area contributed by atoms with Crippen molar-refractivity contribution in [3.8, 4) is 0 Å². The second-order valence-electron chi connectivity index (χ2n) is 8.71. The summed E-state index contributed by atoms with van der Waals surface area (Å²) in [7, 11) is 2.22. The summed E-state index contributed by atoms with van der Waals surface area (Å²) in [6.45, 7) is 2.94. The third kappa shape index (κ3) is 5.03. The van der Waals surface area contributed by atoms with E-state index in [-0.39, 0.29) is 0 Å². The Hall–Kier alpha value is -3.39. The molecule has 31 heavy (non-hydrogen) atoms. The maximum absolute atomic E-state index is 4.54. The van der Waals surface area contributed by atoms with Crippen LogP contribution >= 0.6 is 0 Å². The van der Waals surface area contributed by atoms with Gasteiger partial charge in [0.2, 0.25) is 0 Å². The number of imidazole rings is 1. The molecule has 8 nitrogen and oxygen atoms in total. The molecule has 1 fully saturated rings. The van der Waals surface area contributed by atoms with Crippen LogP contribution in [0.4, 0.5) is 0 Å². The Morgan fingerprint density at radius 1 is 0.871 bits per heavy atom. The Labute approximate surface area is 181 Å². The lowest BCUT2D eigenvalue weighted by Gasteiger charge is -2.33. The van der Waals surface area contributed by atoms with Gasteiger partial charge in [-0.15, -0.1) is 5.10 Å². The van der Waals surface area contributed by atoms with E-state index in [9.17, 15) is 0 Å². The largest absolute Gasteiger partial charge is 0.317 e. The first-order valence-electron chi connectivity index (χ1n) is 10.7. The fourth-order valence-electron chi connectivity index (χ4n) is 4.02. The summed E-state index contributed by atoms with van der Waals surface area (Å²) in [4.78, 5) is 13.6. The van der Waals surface area contributed by atoms with Crippen LogP contribution in [0.25, 0.3) is 0 Å². The standard InChI is InChI=1S/C23H27N8/c1-31(14-20-6-2-4-10-24-20,15-21-7-3-5-11-25-21)16-22-12-30(28-27-22)18-29-13-23(26-17-29)19-8-9-19/h2-7,10-13,17,19H,8-9,14-16,18H2,1H3/q+1. The second-order valence-corrected chi connectivity index (χ2v) is 8.71. The van der Waals surface area contributed by atoms with Gasteiger partial charge in [0.15, 0.2) is 0 Å². The van der Waals surface area contributed by atoms with Crippen molar-refractivity contribution in [2.24, 2.45) is 0 Å². The Morgan fingerprint density at radius 3 is 2.16 bits per heavy atom. The van der Waals surface area contributed by atoms with Crippen molar-refractivity contribution in [3.05, 3.63) is 90.3 Å². The van der Waals surface area contributed by atoms with Gasteiger partial charge in [0.25, 0.3) is 0 Å². The molecule has 4 heterocycles. The molecule has 5 rings (SSSR count). The minimum absolute atomic E-state index is 0.622. The lowest BCUT2D eigenvalue weighted by Crippen LogP contribution is -2.42. The van der Waals surface area contributed by atoms with Gasteiger partial charge in [-0.05, 0) is 37.1 Å². The van der Waals surface area contributed by atoms with E-state index in [1.165, 1.54) is 18.5 Å². The SMILES string of the molecule is C[N+](Cc1ccccn1)(Cc1ccccn1)Cc1cn(Cn2cnc(C3CC3)c2)nn1. The number of aromatic nitrogens is 7. The van der Waals surface area contributed by atoms with E-state index in [0.717, 1.165) is 36.7 Å². The highest BCUT2D eigenvalue weighted by molar-refractivity contribution is 5.11. The third-order valence-electron chi connectivity index (χ3n) is 5.63. The van der Waals surface area contributed by atoms with Crippen LogP contribution in [0.2, 0.25) is 0 Å². The molecule has 0 bridgehead atoms. The van der Waals surface area contributed by atoms with Crippen molar-refractivity contribution < 1.29 is 4.48 Å². The van der Waals surface area contributed by atoms with Gasteiger partial charge in [-0.2, -0.15) is 0 Å². The minimum Gasteiger partial charge on any atom is -0.317 e. The molecule has 0 spiro atoms. The van der Waals surface area contributed by atoms with Crippen molar-refractivity contribution in [2.75, 3.05) is 7.05 Å². The van der Waals surface area contributed by atoms with Gasteiger partial charge in [-0.25, -0.2) is 9.67 Å². The first kappa shape index (κ1) is 19.6. The molecule has 0 saturated heterocycles. The molecule has 0 amide bonds. The fourth-order valence-corrected chi connectivity index (χ4v) is 4.02. The van der Waals surface area contributed by atoms with E-state index in [2.05, 4.69) is 55.2 Å². The van der Waals surface area contributed by atoms with Crippen LogP contribution in [0.15, 0.2) is 67.5 Å². The van der Waals surface area contributed by atoms with Gasteiger partial charge in [-0.3, -0.25) is 9.97 Å². The topological polar surface area (TPSA) is 74.3 Å². The van der Waals surface area contributed by atoms with E-state index in [4.69, 9.17) is 0 Å². The lowest BCUT2D eigenvalue weighted by atomic mass is 10.2. The molecular formula is C23H27N8+. The molecular weight excluding hydrogens is 388 g/mol. The van der Waals surface area contributed by atoms with Crippen LogP contribution in [0.3, 0.4) is 0 Å². The van der Waals surface area contributed by atoms with Crippen LogP contribution in [0, 0.1) is 0 Å². The van der Waals surface area contributed by atoms with Gasteiger partial charge in [-0.1, -0.05) is 17.3 Å². The summed E-state index contributed by atoms with van der Waals surface area (Å²) in [6, 6.07) is 12.1. The van der Waals surface area contributed by atoms with Crippen LogP contribution in [0.1, 0.15) is 41.5 Å². The monoisotopic (exact) mass is 415 g/mol. The normalized spacial score (nSPS) is 14.1. The summed E-state index contributed by atoms with van der Waals surface area (Å²) in [5.41, 5.74) is 4.26. The Morgan fingerprint density at radius 2 is 1.55 bits per heavy atom. The molecule has 0 radical (unpaired) electrons. The van der Waals surface area contributed by atoms with Crippen LogP contribution in [-0.2, 0) is 26.3 Å². The number of hydrogen-bond donors (Lipinski definition) is 0. The van der Waals surface area contributed by atoms with Crippen molar-refractivity contribution in [3.63, 3.8) is 0 Å². The average molecular weight is 416 g/mol. The molecule has 1 aliphatic rings. The van der Waals surface area contributed by atoms with Gasteiger partial charge >= 0.3 is 0 Å². The quantitative estimate of drug-likeness (QED) is 0.393. The van der Waals surface area contributed by atoms with Crippen molar-refractivity contribution in [1.82, 2.24) is 34.5 Å². The van der Waals surface area contributed by atoms with Crippen LogP contribution in [-0.4, -0.2) is 46.0 Å². The molecule has 0 unspecified atom stereocenters. The summed E-state index contributed by atoms with van der Waals surface area (Å²) in [5, 5.41) is 8.81. The van der Waals surface area contributed by atoms with Gasteiger partial charge < -0.3 is 9.05 Å². The van der Waals surface area contributed by atoms with Gasteiger partial charge in [0.05, 0.1) is 36.7 Å². The van der Waals surface area contributed by atoms with Crippen molar-refractivity contribution in [2.45, 2.75) is 45.1 Å². The fraction of sp³-hybridized carbons (Fsp3) is 0.348. The molecule has 0 atom stereocenters. The minimum atomic E-state index is 0.622. The third-order valence-corrected chi connectivity index (χ3v) is 5.63. The molecule has 4 aromatic heterocycles. The van der Waals surface area contributed by atoms with Crippen LogP contribution in [0.5, 0.6) is 0 Å². The number of nitrogens with zero attached hydrogens (tertiary/aromatic N) is 8. The molecule has 1 aliphatic carbocycles. The molecule has 1 saturated carbocycles. The highest BCUT2D eigenvalue weighted by atomic mass is 15.5. The summed E-state index contributed by atoms with van der Waals surface area (Å²) < 4.78 is 4.66. The first-order chi connectivity index (χ1) is 15.2. The predicted octanol–water partition coefficient (Wildman–Crippen LogP) is 2.99. The zero-order valence-electron chi connectivity index (χ0n) is 17.7. The second kappa shape index (κ2) is 8.39. The van der Waals surface area contributed by atoms with E-state index >= 15 is 0 Å². The molecule has 0 aliphatic heterocycles. The van der Waals surface area contributed by atoms with E-state index < -0.39 is 0 Å². The molecule has 4 aromatic rings. The number of hydrogen-bond acceptors (Lipinski definition) is 5. The zero-order valence-corrected chi connectivity index (χ0v) is 17.7. The highest BCUT2D eigenvalue weighted by Gasteiger charge is 2.27. The van der Waals surface area contributed by atoms with Crippen molar-refractivity contribution in [1.29, 1.82) is 0 Å². The van der Waals surface area contributed by atoms with E-state index in [1.807, 2.05) is 53.9 Å². The summed E-state index contributed by atoms with van der Waals surface area (Å²) in [6.07, 6.45) is 12.2. The van der Waals surface area contributed by atoms with Gasteiger partial charge in [0.1, 0.15) is 32.0 Å². The Balaban J connectivity index is 1.32. The Bertz CT molecular complexity index is 1070. The van der Waals surface area contributed by atoms with E-state index in [1.54, 1.807) is 0 Å². The molecule has 8 heteroatoms. The van der Waals surface area contributed by atoms with Gasteiger partial charge in [0, 0.05) is 24.5 Å². The maximum atomic E-state index is 4.54. The number of quaternary nitrogens is 1. The number of pyridine rings is 2. The number of rotatable bonds is 9. The predicted molar refractivity (Wildman–Crippen MR) is 115 cm³/mol. The zero-order chi connectivity index (χ0) is 21.1. The molecule has 0 N–H and O–H groups in total. The van der Waals surface area contributed by atoms with Crippen LogP contribution < -0.4 is 0 Å². The van der Waals surface area contributed by atoms with Crippen molar-refractivity contribution >= 4 is 0 Å².